The minimum Gasteiger partial charge on any atom is -0.476 e. The molecule has 0 aromatic heterocycles. The van der Waals surface area contributed by atoms with E-state index < -0.39 is 23.7 Å². The number of benzene rings is 1. The molecule has 0 N–H and O–H groups in total. The molecule has 1 atom stereocenters. The summed E-state index contributed by atoms with van der Waals surface area (Å²) in [4.78, 5) is 11.0. The van der Waals surface area contributed by atoms with Crippen LogP contribution in [-0.2, 0) is 9.53 Å². The fourth-order valence-corrected chi connectivity index (χ4v) is 1.43. The zero-order valence-electron chi connectivity index (χ0n) is 8.59. The molecule has 1 rings (SSSR count). The average molecular weight is 295 g/mol. The second-order valence-electron chi connectivity index (χ2n) is 2.98. The Kier molecular flexibility index (Phi) is 4.23. The Morgan fingerprint density at radius 3 is 2.62 bits per heavy atom. The molecule has 3 nitrogen and oxygen atoms in total. The Hall–Kier alpha value is -1.17. The fourth-order valence-electron chi connectivity index (χ4n) is 1.02. The van der Waals surface area contributed by atoms with Gasteiger partial charge in [0.15, 0.2) is 17.7 Å². The van der Waals surface area contributed by atoms with Crippen molar-refractivity contribution in [2.75, 3.05) is 7.11 Å². The van der Waals surface area contributed by atoms with Gasteiger partial charge in [-0.1, -0.05) is 15.9 Å². The number of ether oxygens (including phenoxy) is 2. The molecule has 0 spiro atoms. The van der Waals surface area contributed by atoms with E-state index in [0.29, 0.717) is 4.47 Å². The Morgan fingerprint density at radius 2 is 2.06 bits per heavy atom. The topological polar surface area (TPSA) is 35.5 Å². The number of rotatable bonds is 3. The van der Waals surface area contributed by atoms with Crippen LogP contribution in [0.3, 0.4) is 0 Å². The van der Waals surface area contributed by atoms with Crippen LogP contribution < -0.4 is 4.74 Å². The Morgan fingerprint density at radius 1 is 1.44 bits per heavy atom. The largest absolute Gasteiger partial charge is 0.476 e. The van der Waals surface area contributed by atoms with Crippen LogP contribution >= 0.6 is 15.9 Å². The van der Waals surface area contributed by atoms with Crippen LogP contribution in [0.4, 0.5) is 8.78 Å². The lowest BCUT2D eigenvalue weighted by Crippen LogP contribution is -2.25. The Balaban J connectivity index is 2.93. The second kappa shape index (κ2) is 5.25. The summed E-state index contributed by atoms with van der Waals surface area (Å²) in [5.41, 5.74) is 0. The molecule has 0 fully saturated rings. The number of methoxy groups -OCH3 is 1. The highest BCUT2D eigenvalue weighted by Gasteiger charge is 2.19. The predicted molar refractivity (Wildman–Crippen MR) is 56.2 cm³/mol. The molecule has 0 aliphatic heterocycles. The fraction of sp³-hybridized carbons (Fsp3) is 0.300. The van der Waals surface area contributed by atoms with Gasteiger partial charge in [0.05, 0.1) is 7.11 Å². The van der Waals surface area contributed by atoms with Crippen molar-refractivity contribution in [3.8, 4) is 5.75 Å². The molecule has 0 saturated carbocycles. The summed E-state index contributed by atoms with van der Waals surface area (Å²) in [6, 6.07) is 2.20. The van der Waals surface area contributed by atoms with E-state index in [2.05, 4.69) is 20.7 Å². The van der Waals surface area contributed by atoms with Crippen molar-refractivity contribution in [3.63, 3.8) is 0 Å². The second-order valence-corrected chi connectivity index (χ2v) is 3.90. The Labute approximate surface area is 99.5 Å². The molecule has 0 aliphatic rings. The lowest BCUT2D eigenvalue weighted by Gasteiger charge is -2.13. The van der Waals surface area contributed by atoms with Crippen LogP contribution in [0.1, 0.15) is 6.92 Å². The molecule has 6 heteroatoms. The molecule has 1 aromatic rings. The van der Waals surface area contributed by atoms with Gasteiger partial charge in [-0.25, -0.2) is 9.18 Å². The summed E-state index contributed by atoms with van der Waals surface area (Å²) in [5.74, 6) is -3.20. The molecular weight excluding hydrogens is 286 g/mol. The monoisotopic (exact) mass is 294 g/mol. The lowest BCUT2D eigenvalue weighted by molar-refractivity contribution is -0.148. The lowest BCUT2D eigenvalue weighted by atomic mass is 10.3. The van der Waals surface area contributed by atoms with Gasteiger partial charge in [0.2, 0.25) is 5.82 Å². The van der Waals surface area contributed by atoms with E-state index in [9.17, 15) is 13.6 Å². The summed E-state index contributed by atoms with van der Waals surface area (Å²) in [6.07, 6.45) is -1.01. The molecule has 88 valence electrons. The van der Waals surface area contributed by atoms with Crippen LogP contribution in [0.5, 0.6) is 5.75 Å². The number of esters is 1. The highest BCUT2D eigenvalue weighted by molar-refractivity contribution is 9.10. The maximum absolute atomic E-state index is 13.2. The number of hydrogen-bond donors (Lipinski definition) is 0. The third kappa shape index (κ3) is 2.91. The smallest absolute Gasteiger partial charge is 0.346 e. The summed E-state index contributed by atoms with van der Waals surface area (Å²) in [7, 11) is 1.18. The standard InChI is InChI=1S/C10H9BrF2O3/c1-5(10(14)15-2)16-8-4-6(11)3-7(12)9(8)13/h3-5H,1-2H3/t5-/m0/s1. The van der Waals surface area contributed by atoms with Crippen molar-refractivity contribution in [2.24, 2.45) is 0 Å². The van der Waals surface area contributed by atoms with E-state index in [1.807, 2.05) is 0 Å². The van der Waals surface area contributed by atoms with Crippen molar-refractivity contribution >= 4 is 21.9 Å². The normalized spacial score (nSPS) is 12.1. The van der Waals surface area contributed by atoms with Gasteiger partial charge in [-0.05, 0) is 19.1 Å². The first-order chi connectivity index (χ1) is 7.45. The Bertz CT molecular complexity index is 409. The SMILES string of the molecule is COC(=O)[C@H](C)Oc1cc(Br)cc(F)c1F. The van der Waals surface area contributed by atoms with E-state index in [4.69, 9.17) is 4.74 Å². The van der Waals surface area contributed by atoms with Crippen LogP contribution in [0.15, 0.2) is 16.6 Å². The van der Waals surface area contributed by atoms with Crippen LogP contribution in [-0.4, -0.2) is 19.2 Å². The highest BCUT2D eigenvalue weighted by atomic mass is 79.9. The summed E-state index contributed by atoms with van der Waals surface area (Å²) in [5, 5.41) is 0. The molecule has 0 saturated heterocycles. The number of carbonyl (C=O) groups is 1. The maximum Gasteiger partial charge on any atom is 0.346 e. The van der Waals surface area contributed by atoms with Gasteiger partial charge >= 0.3 is 5.97 Å². The average Bonchev–Trinajstić information content (AvgIpc) is 2.23. The van der Waals surface area contributed by atoms with Crippen LogP contribution in [0, 0.1) is 11.6 Å². The predicted octanol–water partition coefficient (Wildman–Crippen LogP) is 2.67. The number of hydrogen-bond acceptors (Lipinski definition) is 3. The van der Waals surface area contributed by atoms with Crippen molar-refractivity contribution in [3.05, 3.63) is 28.2 Å². The number of carbonyl (C=O) groups excluding carboxylic acids is 1. The minimum absolute atomic E-state index is 0.318. The van der Waals surface area contributed by atoms with Crippen molar-refractivity contribution in [2.45, 2.75) is 13.0 Å². The van der Waals surface area contributed by atoms with E-state index in [0.717, 1.165) is 6.07 Å². The molecule has 0 radical (unpaired) electrons. The van der Waals surface area contributed by atoms with Gasteiger partial charge < -0.3 is 9.47 Å². The third-order valence-electron chi connectivity index (χ3n) is 1.80. The summed E-state index contributed by atoms with van der Waals surface area (Å²) >= 11 is 2.99. The minimum atomic E-state index is -1.14. The number of halogens is 3. The first-order valence-corrected chi connectivity index (χ1v) is 5.14. The first kappa shape index (κ1) is 12.9. The van der Waals surface area contributed by atoms with Gasteiger partial charge in [-0.15, -0.1) is 0 Å². The zero-order chi connectivity index (χ0) is 12.3. The van der Waals surface area contributed by atoms with Gasteiger partial charge in [-0.3, -0.25) is 0 Å². The molecule has 0 bridgehead atoms. The van der Waals surface area contributed by atoms with Crippen molar-refractivity contribution in [1.29, 1.82) is 0 Å². The summed E-state index contributed by atoms with van der Waals surface area (Å²) < 4.78 is 35.9. The van der Waals surface area contributed by atoms with E-state index in [-0.39, 0.29) is 5.75 Å². The first-order valence-electron chi connectivity index (χ1n) is 4.34. The molecule has 0 heterocycles. The highest BCUT2D eigenvalue weighted by Crippen LogP contribution is 2.26. The van der Waals surface area contributed by atoms with Gasteiger partial charge in [0, 0.05) is 4.47 Å². The van der Waals surface area contributed by atoms with E-state index >= 15 is 0 Å². The molecular formula is C10H9BrF2O3. The summed E-state index contributed by atoms with van der Waals surface area (Å²) in [6.45, 7) is 1.38. The van der Waals surface area contributed by atoms with E-state index in [1.54, 1.807) is 0 Å². The molecule has 16 heavy (non-hydrogen) atoms. The third-order valence-corrected chi connectivity index (χ3v) is 2.25. The van der Waals surface area contributed by atoms with Crippen LogP contribution in [0.2, 0.25) is 0 Å². The molecule has 0 unspecified atom stereocenters. The van der Waals surface area contributed by atoms with Gasteiger partial charge in [0.1, 0.15) is 0 Å². The zero-order valence-corrected chi connectivity index (χ0v) is 10.2. The van der Waals surface area contributed by atoms with Gasteiger partial charge in [-0.2, -0.15) is 4.39 Å². The molecule has 0 amide bonds. The maximum atomic E-state index is 13.2. The molecule has 1 aromatic carbocycles. The van der Waals surface area contributed by atoms with Crippen molar-refractivity contribution in [1.82, 2.24) is 0 Å². The quantitative estimate of drug-likeness (QED) is 0.635. The van der Waals surface area contributed by atoms with Gasteiger partial charge in [0.25, 0.3) is 0 Å². The molecule has 0 aliphatic carbocycles. The van der Waals surface area contributed by atoms with E-state index in [1.165, 1.54) is 20.1 Å². The van der Waals surface area contributed by atoms with Crippen LogP contribution in [0.25, 0.3) is 0 Å². The van der Waals surface area contributed by atoms with Crippen molar-refractivity contribution < 1.29 is 23.0 Å².